The van der Waals surface area contributed by atoms with Crippen molar-refractivity contribution in [1.29, 1.82) is 0 Å². The van der Waals surface area contributed by atoms with Crippen molar-refractivity contribution in [2.45, 2.75) is 111 Å². The van der Waals surface area contributed by atoms with Gasteiger partial charge in [-0.25, -0.2) is 0 Å². The van der Waals surface area contributed by atoms with E-state index in [-0.39, 0.29) is 36.2 Å². The van der Waals surface area contributed by atoms with Gasteiger partial charge in [-0.15, -0.1) is 0 Å². The first-order valence-corrected chi connectivity index (χ1v) is 14.4. The van der Waals surface area contributed by atoms with E-state index in [0.717, 1.165) is 5.57 Å². The zero-order chi connectivity index (χ0) is 30.4. The van der Waals surface area contributed by atoms with Crippen molar-refractivity contribution >= 4 is 23.3 Å². The molecule has 4 aliphatic rings. The Hall–Kier alpha value is -2.16. The number of ketones is 3. The third-order valence-electron chi connectivity index (χ3n) is 11.5. The van der Waals surface area contributed by atoms with Crippen LogP contribution in [-0.4, -0.2) is 62.0 Å². The van der Waals surface area contributed by atoms with E-state index in [1.165, 1.54) is 26.0 Å². The molecule has 0 aromatic rings. The summed E-state index contributed by atoms with van der Waals surface area (Å²) in [5, 5.41) is 34.0. The van der Waals surface area contributed by atoms with E-state index >= 15 is 0 Å². The number of aliphatic hydroxyl groups excluding tert-OH is 2. The molecule has 0 bridgehead atoms. The maximum absolute atomic E-state index is 14.3. The van der Waals surface area contributed by atoms with Gasteiger partial charge in [0.1, 0.15) is 23.1 Å². The lowest BCUT2D eigenvalue weighted by Gasteiger charge is -2.64. The van der Waals surface area contributed by atoms with E-state index in [0.29, 0.717) is 12.8 Å². The molecule has 0 aromatic carbocycles. The Kier molecular flexibility index (Phi) is 7.06. The number of aliphatic hydroxyl groups is 3. The second kappa shape index (κ2) is 9.17. The lowest BCUT2D eigenvalue weighted by Crippen LogP contribution is -2.65. The summed E-state index contributed by atoms with van der Waals surface area (Å²) in [5.74, 6) is -2.85. The number of hydrogen-bond donors (Lipinski definition) is 3. The van der Waals surface area contributed by atoms with Crippen LogP contribution >= 0.6 is 0 Å². The quantitative estimate of drug-likeness (QED) is 0.265. The van der Waals surface area contributed by atoms with Crippen molar-refractivity contribution in [3.63, 3.8) is 0 Å². The highest BCUT2D eigenvalue weighted by molar-refractivity contribution is 5.98. The molecular weight excluding hydrogens is 512 g/mol. The van der Waals surface area contributed by atoms with Gasteiger partial charge >= 0.3 is 5.97 Å². The molecule has 0 saturated heterocycles. The number of esters is 1. The average molecular weight is 559 g/mol. The summed E-state index contributed by atoms with van der Waals surface area (Å²) >= 11 is 0. The summed E-state index contributed by atoms with van der Waals surface area (Å²) in [6, 6.07) is 0. The van der Waals surface area contributed by atoms with Crippen LogP contribution in [0.5, 0.6) is 0 Å². The second-order valence-corrected chi connectivity index (χ2v) is 14.8. The predicted octanol–water partition coefficient (Wildman–Crippen LogP) is 3.50. The highest BCUT2D eigenvalue weighted by atomic mass is 16.6. The molecule has 9 atom stereocenters. The number of allylic oxidation sites excluding steroid dienone is 2. The lowest BCUT2D eigenvalue weighted by molar-refractivity contribution is -0.183. The molecule has 0 aromatic heterocycles. The van der Waals surface area contributed by atoms with Crippen LogP contribution in [0, 0.1) is 39.4 Å². The van der Waals surface area contributed by atoms with Crippen molar-refractivity contribution in [3.05, 3.63) is 23.8 Å². The van der Waals surface area contributed by atoms with E-state index in [9.17, 15) is 34.5 Å². The molecule has 0 spiro atoms. The summed E-state index contributed by atoms with van der Waals surface area (Å²) in [6.45, 7) is 15.4. The minimum atomic E-state index is -1.99. The molecule has 8 heteroatoms. The molecule has 0 amide bonds. The molecule has 4 aliphatic carbocycles. The Morgan fingerprint density at radius 2 is 1.65 bits per heavy atom. The maximum atomic E-state index is 14.3. The second-order valence-electron chi connectivity index (χ2n) is 14.8. The summed E-state index contributed by atoms with van der Waals surface area (Å²) in [5.41, 5.74) is -5.43. The van der Waals surface area contributed by atoms with Crippen LogP contribution in [0.25, 0.3) is 0 Å². The van der Waals surface area contributed by atoms with Gasteiger partial charge in [0.25, 0.3) is 0 Å². The van der Waals surface area contributed by atoms with Gasteiger partial charge in [0.2, 0.25) is 0 Å². The Bertz CT molecular complexity index is 1210. The molecule has 8 nitrogen and oxygen atoms in total. The highest BCUT2D eigenvalue weighted by Gasteiger charge is 2.74. The molecule has 0 heterocycles. The first-order valence-electron chi connectivity index (χ1n) is 14.4. The summed E-state index contributed by atoms with van der Waals surface area (Å²) in [6.07, 6.45) is 3.55. The van der Waals surface area contributed by atoms with Crippen LogP contribution in [0.3, 0.4) is 0 Å². The molecule has 0 unspecified atom stereocenters. The third kappa shape index (κ3) is 4.11. The van der Waals surface area contributed by atoms with Gasteiger partial charge in [-0.1, -0.05) is 32.4 Å². The topological polar surface area (TPSA) is 138 Å². The highest BCUT2D eigenvalue weighted by Crippen LogP contribution is 2.74. The molecular formula is C32H46O8. The zero-order valence-corrected chi connectivity index (χ0v) is 25.3. The van der Waals surface area contributed by atoms with Crippen molar-refractivity contribution < 1.29 is 39.2 Å². The molecule has 4 rings (SSSR count). The van der Waals surface area contributed by atoms with Gasteiger partial charge in [-0.05, 0) is 88.7 Å². The van der Waals surface area contributed by atoms with E-state index in [2.05, 4.69) is 13.0 Å². The minimum absolute atomic E-state index is 0.0284. The monoisotopic (exact) mass is 558 g/mol. The Morgan fingerprint density at radius 1 is 1.05 bits per heavy atom. The average Bonchev–Trinajstić information content (AvgIpc) is 3.01. The normalized spacial score (nSPS) is 42.4. The fourth-order valence-electron chi connectivity index (χ4n) is 9.40. The minimum Gasteiger partial charge on any atom is -0.456 e. The van der Waals surface area contributed by atoms with Crippen LogP contribution in [-0.2, 0) is 23.9 Å². The van der Waals surface area contributed by atoms with E-state index in [4.69, 9.17) is 4.74 Å². The number of fused-ring (bicyclic) bond motifs is 5. The maximum Gasteiger partial charge on any atom is 0.303 e. The fourth-order valence-corrected chi connectivity index (χ4v) is 9.40. The number of rotatable bonds is 5. The van der Waals surface area contributed by atoms with Gasteiger partial charge in [0, 0.05) is 30.1 Å². The van der Waals surface area contributed by atoms with Crippen LogP contribution in [0.2, 0.25) is 0 Å². The van der Waals surface area contributed by atoms with Crippen LogP contribution in [0.15, 0.2) is 23.8 Å². The first kappa shape index (κ1) is 30.8. The number of ether oxygens (including phenoxy) is 1. The zero-order valence-electron chi connectivity index (χ0n) is 25.3. The SMILES string of the molecule is CC(=O)OC(C)(C)C=CC(=O)[C@](C)(O)[C@H]1[C@H](O)C[C@@]2(C)[C@@H]3CC=C4[C@H](C[C@H](O)C(=O)C4(C)C)[C@]3(C)C(=O)C[C@]12C. The smallest absolute Gasteiger partial charge is 0.303 e. The fraction of sp³-hybridized carbons (Fsp3) is 0.750. The summed E-state index contributed by atoms with van der Waals surface area (Å²) in [7, 11) is 0. The van der Waals surface area contributed by atoms with E-state index in [1.807, 2.05) is 27.7 Å². The van der Waals surface area contributed by atoms with Gasteiger partial charge < -0.3 is 20.1 Å². The number of carbonyl (C=O) groups excluding carboxylic acids is 4. The van der Waals surface area contributed by atoms with Crippen LogP contribution < -0.4 is 0 Å². The van der Waals surface area contributed by atoms with Crippen LogP contribution in [0.4, 0.5) is 0 Å². The van der Waals surface area contributed by atoms with E-state index in [1.54, 1.807) is 13.8 Å². The Morgan fingerprint density at radius 3 is 2.23 bits per heavy atom. The van der Waals surface area contributed by atoms with Crippen LogP contribution in [0.1, 0.15) is 88.0 Å². The van der Waals surface area contributed by atoms with Gasteiger partial charge in [-0.3, -0.25) is 19.2 Å². The van der Waals surface area contributed by atoms with Gasteiger partial charge in [0.15, 0.2) is 11.6 Å². The Balaban J connectivity index is 1.75. The third-order valence-corrected chi connectivity index (χ3v) is 11.5. The summed E-state index contributed by atoms with van der Waals surface area (Å²) in [4.78, 5) is 52.1. The van der Waals surface area contributed by atoms with Crippen molar-refractivity contribution in [2.75, 3.05) is 0 Å². The molecule has 0 radical (unpaired) electrons. The van der Waals surface area contributed by atoms with Gasteiger partial charge in [-0.2, -0.15) is 0 Å². The molecule has 222 valence electrons. The standard InChI is InChI=1S/C32H46O8/c1-17(33)40-27(2,3)13-12-23(36)32(9,39)25-21(35)15-29(6)22-11-10-18-19(14-20(34)26(38)28(18,4)5)31(22,8)24(37)16-30(25,29)7/h10,12-13,19-22,25,34-35,39H,11,14-16H2,1-9H3/t19-,20-,21+,22-,25-,29-,30+,31-,32-/m0/s1. The van der Waals surface area contributed by atoms with Crippen molar-refractivity contribution in [1.82, 2.24) is 0 Å². The predicted molar refractivity (Wildman–Crippen MR) is 148 cm³/mol. The van der Waals surface area contributed by atoms with Gasteiger partial charge in [0.05, 0.1) is 6.10 Å². The first-order chi connectivity index (χ1) is 18.1. The largest absolute Gasteiger partial charge is 0.456 e. The Labute approximate surface area is 237 Å². The molecule has 3 N–H and O–H groups in total. The lowest BCUT2D eigenvalue weighted by atomic mass is 9.38. The summed E-state index contributed by atoms with van der Waals surface area (Å²) < 4.78 is 5.23. The molecule has 3 fully saturated rings. The molecule has 40 heavy (non-hydrogen) atoms. The number of carbonyl (C=O) groups is 4. The van der Waals surface area contributed by atoms with Crippen molar-refractivity contribution in [3.8, 4) is 0 Å². The molecule has 3 saturated carbocycles. The van der Waals surface area contributed by atoms with E-state index < -0.39 is 62.7 Å². The number of hydrogen-bond acceptors (Lipinski definition) is 8. The number of Topliss-reactive ketones (excluding diaryl/α,β-unsaturated/α-hetero) is 2. The molecule has 0 aliphatic heterocycles. The van der Waals surface area contributed by atoms with Crippen molar-refractivity contribution in [2.24, 2.45) is 39.4 Å².